The second-order valence-corrected chi connectivity index (χ2v) is 6.45. The Morgan fingerprint density at radius 2 is 2.11 bits per heavy atom. The Kier molecular flexibility index (Phi) is 3.82. The molecular formula is C11H15ClN2O3S. The third-order valence-corrected chi connectivity index (χ3v) is 4.89. The molecule has 7 heteroatoms. The first kappa shape index (κ1) is 13.6. The fraction of sp³-hybridized carbons (Fsp3) is 0.455. The van der Waals surface area contributed by atoms with Crippen LogP contribution in [0.4, 0.5) is 5.69 Å². The second kappa shape index (κ2) is 5.05. The maximum atomic E-state index is 12.0. The van der Waals surface area contributed by atoms with Gasteiger partial charge in [-0.3, -0.25) is 0 Å². The van der Waals surface area contributed by atoms with E-state index in [2.05, 4.69) is 4.72 Å². The molecule has 18 heavy (non-hydrogen) atoms. The number of anilines is 1. The van der Waals surface area contributed by atoms with Crippen molar-refractivity contribution in [2.24, 2.45) is 0 Å². The molecule has 1 aromatic carbocycles. The second-order valence-electron chi connectivity index (χ2n) is 4.33. The molecule has 0 saturated heterocycles. The van der Waals surface area contributed by atoms with E-state index in [1.807, 2.05) is 0 Å². The predicted molar refractivity (Wildman–Crippen MR) is 70.0 cm³/mol. The number of nitrogen functional groups attached to an aromatic ring is 1. The summed E-state index contributed by atoms with van der Waals surface area (Å²) in [4.78, 5) is 0.130. The molecule has 1 fully saturated rings. The minimum Gasteiger partial charge on any atom is -0.397 e. The molecule has 0 bridgehead atoms. The first-order valence-corrected chi connectivity index (χ1v) is 7.38. The van der Waals surface area contributed by atoms with Crippen molar-refractivity contribution in [1.82, 2.24) is 4.72 Å². The zero-order valence-corrected chi connectivity index (χ0v) is 11.5. The van der Waals surface area contributed by atoms with Crippen molar-refractivity contribution in [2.45, 2.75) is 29.9 Å². The number of hydrogen-bond acceptors (Lipinski definition) is 4. The van der Waals surface area contributed by atoms with Gasteiger partial charge in [-0.1, -0.05) is 11.6 Å². The van der Waals surface area contributed by atoms with Crippen molar-refractivity contribution in [3.63, 3.8) is 0 Å². The van der Waals surface area contributed by atoms with E-state index in [4.69, 9.17) is 22.1 Å². The molecule has 100 valence electrons. The summed E-state index contributed by atoms with van der Waals surface area (Å²) in [5, 5.41) is 0.344. The van der Waals surface area contributed by atoms with Crippen LogP contribution in [0.25, 0.3) is 0 Å². The molecule has 0 atom stereocenters. The van der Waals surface area contributed by atoms with Gasteiger partial charge in [0.25, 0.3) is 0 Å². The van der Waals surface area contributed by atoms with Crippen molar-refractivity contribution in [1.29, 1.82) is 0 Å². The van der Waals surface area contributed by atoms with E-state index in [1.165, 1.54) is 18.2 Å². The van der Waals surface area contributed by atoms with Gasteiger partial charge >= 0.3 is 0 Å². The number of rotatable bonds is 4. The topological polar surface area (TPSA) is 81.4 Å². The minimum absolute atomic E-state index is 0.0724. The maximum absolute atomic E-state index is 12.0. The van der Waals surface area contributed by atoms with Crippen LogP contribution in [0.3, 0.4) is 0 Å². The lowest BCUT2D eigenvalue weighted by Crippen LogP contribution is -2.47. The molecule has 0 amide bonds. The van der Waals surface area contributed by atoms with Crippen LogP contribution in [0, 0.1) is 0 Å². The van der Waals surface area contributed by atoms with Gasteiger partial charge in [-0.25, -0.2) is 13.1 Å². The van der Waals surface area contributed by atoms with Crippen LogP contribution in [0.5, 0.6) is 0 Å². The minimum atomic E-state index is -3.54. The molecule has 1 aliphatic carbocycles. The highest BCUT2D eigenvalue weighted by atomic mass is 35.5. The molecule has 0 heterocycles. The van der Waals surface area contributed by atoms with Crippen LogP contribution >= 0.6 is 11.6 Å². The molecule has 0 unspecified atom stereocenters. The molecule has 1 saturated carbocycles. The number of methoxy groups -OCH3 is 1. The Labute approximate surface area is 111 Å². The molecule has 3 N–H and O–H groups in total. The van der Waals surface area contributed by atoms with Crippen LogP contribution in [-0.2, 0) is 14.8 Å². The lowest BCUT2D eigenvalue weighted by Gasteiger charge is -2.34. The lowest BCUT2D eigenvalue weighted by molar-refractivity contribution is 0.0236. The maximum Gasteiger partial charge on any atom is 0.240 e. The Morgan fingerprint density at radius 1 is 1.44 bits per heavy atom. The number of sulfonamides is 1. The summed E-state index contributed by atoms with van der Waals surface area (Å²) < 4.78 is 31.8. The lowest BCUT2D eigenvalue weighted by atomic mass is 9.90. The van der Waals surface area contributed by atoms with E-state index in [0.717, 1.165) is 0 Å². The van der Waals surface area contributed by atoms with Gasteiger partial charge in [-0.15, -0.1) is 0 Å². The van der Waals surface area contributed by atoms with Crippen LogP contribution in [-0.4, -0.2) is 27.7 Å². The van der Waals surface area contributed by atoms with E-state index >= 15 is 0 Å². The Balaban J connectivity index is 2.09. The summed E-state index contributed by atoms with van der Waals surface area (Å²) in [6.45, 7) is 0. The summed E-state index contributed by atoms with van der Waals surface area (Å²) in [5.41, 5.74) is 5.85. The number of halogens is 1. The summed E-state index contributed by atoms with van der Waals surface area (Å²) in [5.74, 6) is 0. The zero-order valence-electron chi connectivity index (χ0n) is 9.89. The Bertz CT molecular complexity index is 541. The number of benzene rings is 1. The number of hydrogen-bond donors (Lipinski definition) is 2. The standard InChI is InChI=1S/C11H15ClN2O3S/c1-17-8-4-7(5-8)14-18(15,16)9-2-3-10(12)11(13)6-9/h2-3,6-8,14H,4-5,13H2,1H3. The van der Waals surface area contributed by atoms with Crippen molar-refractivity contribution in [2.75, 3.05) is 12.8 Å². The monoisotopic (exact) mass is 290 g/mol. The van der Waals surface area contributed by atoms with Gasteiger partial charge in [0.05, 0.1) is 21.7 Å². The third kappa shape index (κ3) is 2.77. The number of nitrogens with two attached hydrogens (primary N) is 1. The van der Waals surface area contributed by atoms with Crippen LogP contribution in [0.2, 0.25) is 5.02 Å². The molecule has 1 aliphatic rings. The van der Waals surface area contributed by atoms with Gasteiger partial charge in [0.2, 0.25) is 10.0 Å². The van der Waals surface area contributed by atoms with Crippen molar-refractivity contribution in [3.8, 4) is 0 Å². The number of nitrogens with one attached hydrogen (secondary N) is 1. The molecule has 1 aromatic rings. The highest BCUT2D eigenvalue weighted by molar-refractivity contribution is 7.89. The van der Waals surface area contributed by atoms with Gasteiger partial charge < -0.3 is 10.5 Å². The molecule has 5 nitrogen and oxygen atoms in total. The first-order chi connectivity index (χ1) is 8.42. The fourth-order valence-electron chi connectivity index (χ4n) is 1.83. The Morgan fingerprint density at radius 3 is 2.67 bits per heavy atom. The van der Waals surface area contributed by atoms with Crippen molar-refractivity contribution >= 4 is 27.3 Å². The summed E-state index contributed by atoms with van der Waals surface area (Å²) in [6.07, 6.45) is 1.53. The quantitative estimate of drug-likeness (QED) is 0.821. The van der Waals surface area contributed by atoms with Gasteiger partial charge in [0.15, 0.2) is 0 Å². The summed E-state index contributed by atoms with van der Waals surface area (Å²) in [6, 6.07) is 4.20. The average Bonchev–Trinajstić information content (AvgIpc) is 2.26. The predicted octanol–water partition coefficient (Wildman–Crippen LogP) is 1.38. The van der Waals surface area contributed by atoms with Crippen molar-refractivity contribution in [3.05, 3.63) is 23.2 Å². The van der Waals surface area contributed by atoms with E-state index in [1.54, 1.807) is 7.11 Å². The van der Waals surface area contributed by atoms with Gasteiger partial charge in [-0.05, 0) is 31.0 Å². The molecular weight excluding hydrogens is 276 g/mol. The molecule has 0 aromatic heterocycles. The van der Waals surface area contributed by atoms with Crippen LogP contribution < -0.4 is 10.5 Å². The summed E-state index contributed by atoms with van der Waals surface area (Å²) >= 11 is 5.76. The number of ether oxygens (including phenoxy) is 1. The smallest absolute Gasteiger partial charge is 0.240 e. The van der Waals surface area contributed by atoms with E-state index in [9.17, 15) is 8.42 Å². The summed E-state index contributed by atoms with van der Waals surface area (Å²) in [7, 11) is -1.92. The van der Waals surface area contributed by atoms with Crippen LogP contribution in [0.15, 0.2) is 23.1 Å². The highest BCUT2D eigenvalue weighted by Gasteiger charge is 2.32. The normalized spacial score (nSPS) is 23.7. The average molecular weight is 291 g/mol. The van der Waals surface area contributed by atoms with E-state index in [0.29, 0.717) is 17.9 Å². The van der Waals surface area contributed by atoms with Gasteiger partial charge in [0, 0.05) is 13.2 Å². The van der Waals surface area contributed by atoms with Crippen molar-refractivity contribution < 1.29 is 13.2 Å². The SMILES string of the molecule is COC1CC(NS(=O)(=O)c2ccc(Cl)c(N)c2)C1. The molecule has 0 radical (unpaired) electrons. The highest BCUT2D eigenvalue weighted by Crippen LogP contribution is 2.26. The molecule has 0 spiro atoms. The molecule has 0 aliphatic heterocycles. The molecule has 2 rings (SSSR count). The van der Waals surface area contributed by atoms with E-state index < -0.39 is 10.0 Å². The fourth-order valence-corrected chi connectivity index (χ4v) is 3.24. The van der Waals surface area contributed by atoms with Crippen LogP contribution in [0.1, 0.15) is 12.8 Å². The van der Waals surface area contributed by atoms with Gasteiger partial charge in [-0.2, -0.15) is 0 Å². The van der Waals surface area contributed by atoms with Gasteiger partial charge in [0.1, 0.15) is 0 Å². The third-order valence-electron chi connectivity index (χ3n) is 3.03. The van der Waals surface area contributed by atoms with E-state index in [-0.39, 0.29) is 22.7 Å². The largest absolute Gasteiger partial charge is 0.397 e. The zero-order chi connectivity index (χ0) is 13.3. The Hall–Kier alpha value is -0.820. The first-order valence-electron chi connectivity index (χ1n) is 5.52.